The number of hydrogen-bond donors (Lipinski definition) is 1. The van der Waals surface area contributed by atoms with Crippen molar-refractivity contribution in [2.75, 3.05) is 13.2 Å². The number of aromatic amines is 1. The maximum atomic E-state index is 11.0. The van der Waals surface area contributed by atoms with Gasteiger partial charge in [0.1, 0.15) is 0 Å². The molecule has 1 aliphatic heterocycles. The molecule has 0 radical (unpaired) electrons. The van der Waals surface area contributed by atoms with E-state index in [0.717, 1.165) is 31.7 Å². The molecule has 0 aliphatic carbocycles. The summed E-state index contributed by atoms with van der Waals surface area (Å²) in [5.74, 6) is 0.930. The standard InChI is InChI=1S/C10H14N2O2/c1-7(13)10-11-6-9(12-10)8-2-4-14-5-3-8/h6,8H,2-5H2,1H3,(H,11,12). The minimum absolute atomic E-state index is 0.0108. The Hall–Kier alpha value is -1.16. The minimum atomic E-state index is -0.0108. The summed E-state index contributed by atoms with van der Waals surface area (Å²) >= 11 is 0. The zero-order chi connectivity index (χ0) is 9.97. The van der Waals surface area contributed by atoms with Crippen molar-refractivity contribution in [3.63, 3.8) is 0 Å². The van der Waals surface area contributed by atoms with E-state index in [1.165, 1.54) is 6.92 Å². The van der Waals surface area contributed by atoms with Gasteiger partial charge in [-0.05, 0) is 12.8 Å². The highest BCUT2D eigenvalue weighted by Gasteiger charge is 2.18. The van der Waals surface area contributed by atoms with Crippen LogP contribution in [0.5, 0.6) is 0 Å². The van der Waals surface area contributed by atoms with E-state index in [9.17, 15) is 4.79 Å². The molecule has 1 N–H and O–H groups in total. The van der Waals surface area contributed by atoms with Gasteiger partial charge in [-0.3, -0.25) is 4.79 Å². The molecule has 0 bridgehead atoms. The molecule has 1 aromatic heterocycles. The number of Topliss-reactive ketones (excluding diaryl/α,β-unsaturated/α-hetero) is 1. The predicted octanol–water partition coefficient (Wildman–Crippen LogP) is 1.51. The van der Waals surface area contributed by atoms with Gasteiger partial charge in [-0.1, -0.05) is 0 Å². The summed E-state index contributed by atoms with van der Waals surface area (Å²) in [7, 11) is 0. The Morgan fingerprint density at radius 3 is 2.86 bits per heavy atom. The van der Waals surface area contributed by atoms with E-state index in [4.69, 9.17) is 4.74 Å². The van der Waals surface area contributed by atoms with Crippen LogP contribution in [0.4, 0.5) is 0 Å². The van der Waals surface area contributed by atoms with Gasteiger partial charge in [-0.2, -0.15) is 0 Å². The zero-order valence-electron chi connectivity index (χ0n) is 8.25. The van der Waals surface area contributed by atoms with Gasteiger partial charge >= 0.3 is 0 Å². The first-order valence-corrected chi connectivity index (χ1v) is 4.91. The lowest BCUT2D eigenvalue weighted by Crippen LogP contribution is -2.14. The SMILES string of the molecule is CC(=O)c1ncc(C2CCOCC2)[nH]1. The Morgan fingerprint density at radius 2 is 2.29 bits per heavy atom. The first-order chi connectivity index (χ1) is 6.77. The first-order valence-electron chi connectivity index (χ1n) is 4.91. The van der Waals surface area contributed by atoms with Crippen LogP contribution in [0, 0.1) is 0 Å². The number of ether oxygens (including phenoxy) is 1. The molecule has 14 heavy (non-hydrogen) atoms. The van der Waals surface area contributed by atoms with Crippen LogP contribution >= 0.6 is 0 Å². The van der Waals surface area contributed by atoms with E-state index in [1.54, 1.807) is 6.20 Å². The molecule has 0 atom stereocenters. The summed E-state index contributed by atoms with van der Waals surface area (Å²) in [6.07, 6.45) is 3.80. The van der Waals surface area contributed by atoms with E-state index in [1.807, 2.05) is 0 Å². The van der Waals surface area contributed by atoms with Gasteiger partial charge in [0.15, 0.2) is 11.6 Å². The molecular weight excluding hydrogens is 180 g/mol. The van der Waals surface area contributed by atoms with Gasteiger partial charge in [0.2, 0.25) is 0 Å². The highest BCUT2D eigenvalue weighted by molar-refractivity contribution is 5.90. The number of hydrogen-bond acceptors (Lipinski definition) is 3. The Morgan fingerprint density at radius 1 is 1.57 bits per heavy atom. The summed E-state index contributed by atoms with van der Waals surface area (Å²) in [5.41, 5.74) is 1.07. The molecule has 0 unspecified atom stereocenters. The fourth-order valence-electron chi connectivity index (χ4n) is 1.73. The Kier molecular flexibility index (Phi) is 2.63. The molecule has 2 heterocycles. The van der Waals surface area contributed by atoms with Crippen molar-refractivity contribution in [2.24, 2.45) is 0 Å². The molecule has 2 rings (SSSR count). The maximum absolute atomic E-state index is 11.0. The van der Waals surface area contributed by atoms with Gasteiger partial charge < -0.3 is 9.72 Å². The lowest BCUT2D eigenvalue weighted by atomic mass is 9.97. The normalized spacial score (nSPS) is 18.4. The number of H-pyrrole nitrogens is 1. The molecule has 0 amide bonds. The number of rotatable bonds is 2. The van der Waals surface area contributed by atoms with Crippen LogP contribution in [0.3, 0.4) is 0 Å². The summed E-state index contributed by atoms with van der Waals surface area (Å²) in [5, 5.41) is 0. The van der Waals surface area contributed by atoms with Crippen LogP contribution in [0.25, 0.3) is 0 Å². The quantitative estimate of drug-likeness (QED) is 0.726. The van der Waals surface area contributed by atoms with Crippen LogP contribution in [0.1, 0.15) is 42.0 Å². The molecule has 0 spiro atoms. The predicted molar refractivity (Wildman–Crippen MR) is 51.4 cm³/mol. The Labute approximate surface area is 82.7 Å². The average Bonchev–Trinajstić information content (AvgIpc) is 2.68. The number of ketones is 1. The Bertz CT molecular complexity index is 327. The van der Waals surface area contributed by atoms with E-state index in [2.05, 4.69) is 9.97 Å². The van der Waals surface area contributed by atoms with Crippen LogP contribution in [-0.2, 0) is 4.74 Å². The molecule has 1 saturated heterocycles. The van der Waals surface area contributed by atoms with E-state index < -0.39 is 0 Å². The number of carbonyl (C=O) groups excluding carboxylic acids is 1. The number of nitrogens with zero attached hydrogens (tertiary/aromatic N) is 1. The maximum Gasteiger partial charge on any atom is 0.194 e. The average molecular weight is 194 g/mol. The smallest absolute Gasteiger partial charge is 0.194 e. The van der Waals surface area contributed by atoms with Crippen LogP contribution in [0.2, 0.25) is 0 Å². The summed E-state index contributed by atoms with van der Waals surface area (Å²) in [6.45, 7) is 3.13. The summed E-state index contributed by atoms with van der Waals surface area (Å²) in [6, 6.07) is 0. The summed E-state index contributed by atoms with van der Waals surface area (Å²) < 4.78 is 5.27. The van der Waals surface area contributed by atoms with Gasteiger partial charge in [-0.25, -0.2) is 4.98 Å². The lowest BCUT2D eigenvalue weighted by Gasteiger charge is -2.20. The zero-order valence-corrected chi connectivity index (χ0v) is 8.25. The van der Waals surface area contributed by atoms with Crippen molar-refractivity contribution in [1.82, 2.24) is 9.97 Å². The molecule has 4 heteroatoms. The number of nitrogens with one attached hydrogen (secondary N) is 1. The fraction of sp³-hybridized carbons (Fsp3) is 0.600. The number of aromatic nitrogens is 2. The topological polar surface area (TPSA) is 55.0 Å². The van der Waals surface area contributed by atoms with E-state index >= 15 is 0 Å². The van der Waals surface area contributed by atoms with Gasteiger partial charge in [0.05, 0.1) is 0 Å². The highest BCUT2D eigenvalue weighted by Crippen LogP contribution is 2.25. The second-order valence-corrected chi connectivity index (χ2v) is 3.63. The van der Waals surface area contributed by atoms with Gasteiger partial charge in [-0.15, -0.1) is 0 Å². The molecule has 1 aliphatic rings. The largest absolute Gasteiger partial charge is 0.381 e. The molecular formula is C10H14N2O2. The molecule has 4 nitrogen and oxygen atoms in total. The van der Waals surface area contributed by atoms with E-state index in [-0.39, 0.29) is 5.78 Å². The van der Waals surface area contributed by atoms with Crippen molar-refractivity contribution in [3.05, 3.63) is 17.7 Å². The van der Waals surface area contributed by atoms with E-state index in [0.29, 0.717) is 11.7 Å². The summed E-state index contributed by atoms with van der Waals surface area (Å²) in [4.78, 5) is 18.1. The molecule has 0 saturated carbocycles. The van der Waals surface area contributed by atoms with Crippen molar-refractivity contribution < 1.29 is 9.53 Å². The van der Waals surface area contributed by atoms with Crippen LogP contribution in [0.15, 0.2) is 6.20 Å². The third kappa shape index (κ3) is 1.85. The molecule has 1 aromatic rings. The van der Waals surface area contributed by atoms with Gasteiger partial charge in [0.25, 0.3) is 0 Å². The highest BCUT2D eigenvalue weighted by atomic mass is 16.5. The van der Waals surface area contributed by atoms with Crippen molar-refractivity contribution in [1.29, 1.82) is 0 Å². The Balaban J connectivity index is 2.11. The molecule has 0 aromatic carbocycles. The molecule has 1 fully saturated rings. The second-order valence-electron chi connectivity index (χ2n) is 3.63. The van der Waals surface area contributed by atoms with Crippen LogP contribution < -0.4 is 0 Å². The van der Waals surface area contributed by atoms with Gasteiger partial charge in [0, 0.05) is 37.9 Å². The molecule has 76 valence electrons. The second kappa shape index (κ2) is 3.92. The number of imidazole rings is 1. The monoisotopic (exact) mass is 194 g/mol. The van der Waals surface area contributed by atoms with Crippen LogP contribution in [-0.4, -0.2) is 29.0 Å². The third-order valence-corrected chi connectivity index (χ3v) is 2.59. The minimum Gasteiger partial charge on any atom is -0.381 e. The third-order valence-electron chi connectivity index (χ3n) is 2.59. The van der Waals surface area contributed by atoms with Crippen molar-refractivity contribution >= 4 is 5.78 Å². The fourth-order valence-corrected chi connectivity index (χ4v) is 1.73. The number of carbonyl (C=O) groups is 1. The first kappa shape index (κ1) is 9.40. The lowest BCUT2D eigenvalue weighted by molar-refractivity contribution is 0.0845. The van der Waals surface area contributed by atoms with Crippen molar-refractivity contribution in [2.45, 2.75) is 25.7 Å². The van der Waals surface area contributed by atoms with Crippen molar-refractivity contribution in [3.8, 4) is 0 Å².